The molecule has 0 saturated heterocycles. The number of fused-ring (bicyclic) bond motifs is 1. The molecule has 0 bridgehead atoms. The highest BCUT2D eigenvalue weighted by atomic mass is 16.7. The third-order valence-electron chi connectivity index (χ3n) is 3.62. The van der Waals surface area contributed by atoms with E-state index < -0.39 is 5.41 Å². The number of carbonyl (C=O) groups is 1. The predicted molar refractivity (Wildman–Crippen MR) is 92.2 cm³/mol. The molecular weight excluding hydrogens is 306 g/mol. The fraction of sp³-hybridized carbons (Fsp3) is 0.333. The third-order valence-corrected chi connectivity index (χ3v) is 3.62. The van der Waals surface area contributed by atoms with Gasteiger partial charge in [-0.05, 0) is 29.8 Å². The lowest BCUT2D eigenvalue weighted by atomic mass is 9.96. The predicted octanol–water partition coefficient (Wildman–Crippen LogP) is 3.41. The first kappa shape index (κ1) is 16.1. The minimum absolute atomic E-state index is 0.0592. The Morgan fingerprint density at radius 1 is 1.17 bits per heavy atom. The molecule has 2 heterocycles. The van der Waals surface area contributed by atoms with Crippen molar-refractivity contribution in [3.05, 3.63) is 42.1 Å². The second kappa shape index (κ2) is 6.39. The standard InChI is InChI=1S/C18H21N3O3/c1-18(2,3)17(22)21-16-7-5-13(10-20-16)19-9-12-4-6-14-15(8-12)24-11-23-14/h4-8,10,19H,9,11H2,1-3H3,(H,20,21,22). The summed E-state index contributed by atoms with van der Waals surface area (Å²) in [7, 11) is 0. The number of nitrogens with one attached hydrogen (secondary N) is 2. The Morgan fingerprint density at radius 3 is 2.67 bits per heavy atom. The van der Waals surface area contributed by atoms with Gasteiger partial charge in [0.05, 0.1) is 11.9 Å². The van der Waals surface area contributed by atoms with E-state index in [4.69, 9.17) is 9.47 Å². The highest BCUT2D eigenvalue weighted by Crippen LogP contribution is 2.32. The van der Waals surface area contributed by atoms with Crippen LogP contribution in [0.3, 0.4) is 0 Å². The Bertz CT molecular complexity index is 736. The normalized spacial score (nSPS) is 12.8. The van der Waals surface area contributed by atoms with Gasteiger partial charge < -0.3 is 20.1 Å². The Kier molecular flexibility index (Phi) is 4.29. The molecule has 0 unspecified atom stereocenters. The maximum atomic E-state index is 11.9. The molecule has 1 aliphatic rings. The van der Waals surface area contributed by atoms with Gasteiger partial charge in [0.1, 0.15) is 5.82 Å². The lowest BCUT2D eigenvalue weighted by molar-refractivity contribution is -0.123. The summed E-state index contributed by atoms with van der Waals surface area (Å²) in [6.45, 7) is 6.51. The number of amides is 1. The fourth-order valence-electron chi connectivity index (χ4n) is 2.13. The van der Waals surface area contributed by atoms with Crippen LogP contribution < -0.4 is 20.1 Å². The maximum Gasteiger partial charge on any atom is 0.231 e. The van der Waals surface area contributed by atoms with E-state index in [0.717, 1.165) is 22.7 Å². The topological polar surface area (TPSA) is 72.5 Å². The molecule has 24 heavy (non-hydrogen) atoms. The number of pyridine rings is 1. The molecular formula is C18H21N3O3. The second-order valence-electron chi connectivity index (χ2n) is 6.68. The second-order valence-corrected chi connectivity index (χ2v) is 6.68. The number of nitrogens with zero attached hydrogens (tertiary/aromatic N) is 1. The number of rotatable bonds is 4. The zero-order chi connectivity index (χ0) is 17.2. The van der Waals surface area contributed by atoms with E-state index in [-0.39, 0.29) is 12.7 Å². The van der Waals surface area contributed by atoms with Crippen LogP contribution in [0, 0.1) is 5.41 Å². The van der Waals surface area contributed by atoms with E-state index in [1.165, 1.54) is 0 Å². The van der Waals surface area contributed by atoms with Crippen LogP contribution in [0.25, 0.3) is 0 Å². The fourth-order valence-corrected chi connectivity index (χ4v) is 2.13. The molecule has 0 fully saturated rings. The average molecular weight is 327 g/mol. The molecule has 0 radical (unpaired) electrons. The summed E-state index contributed by atoms with van der Waals surface area (Å²) < 4.78 is 10.7. The van der Waals surface area contributed by atoms with Gasteiger partial charge in [0.2, 0.25) is 12.7 Å². The van der Waals surface area contributed by atoms with E-state index >= 15 is 0 Å². The van der Waals surface area contributed by atoms with Gasteiger partial charge in [-0.3, -0.25) is 4.79 Å². The largest absolute Gasteiger partial charge is 0.454 e. The zero-order valence-corrected chi connectivity index (χ0v) is 14.1. The van der Waals surface area contributed by atoms with Crippen molar-refractivity contribution in [3.63, 3.8) is 0 Å². The van der Waals surface area contributed by atoms with Gasteiger partial charge in [0.15, 0.2) is 11.5 Å². The van der Waals surface area contributed by atoms with E-state index in [9.17, 15) is 4.79 Å². The number of hydrogen-bond donors (Lipinski definition) is 2. The van der Waals surface area contributed by atoms with Crippen LogP contribution in [-0.2, 0) is 11.3 Å². The van der Waals surface area contributed by atoms with Crippen LogP contribution >= 0.6 is 0 Å². The molecule has 0 aliphatic carbocycles. The third kappa shape index (κ3) is 3.76. The van der Waals surface area contributed by atoms with Crippen molar-refractivity contribution in [1.29, 1.82) is 0 Å². The van der Waals surface area contributed by atoms with Gasteiger partial charge in [-0.25, -0.2) is 4.98 Å². The molecule has 1 aromatic carbocycles. The van der Waals surface area contributed by atoms with Crippen molar-refractivity contribution >= 4 is 17.4 Å². The van der Waals surface area contributed by atoms with Crippen LogP contribution in [0.1, 0.15) is 26.3 Å². The minimum Gasteiger partial charge on any atom is -0.454 e. The number of carbonyl (C=O) groups excluding carboxylic acids is 1. The summed E-state index contributed by atoms with van der Waals surface area (Å²) in [5, 5.41) is 6.09. The van der Waals surface area contributed by atoms with E-state index in [2.05, 4.69) is 15.6 Å². The summed E-state index contributed by atoms with van der Waals surface area (Å²) >= 11 is 0. The molecule has 0 atom stereocenters. The van der Waals surface area contributed by atoms with E-state index in [0.29, 0.717) is 12.4 Å². The van der Waals surface area contributed by atoms with Gasteiger partial charge >= 0.3 is 0 Å². The van der Waals surface area contributed by atoms with Crippen molar-refractivity contribution in [1.82, 2.24) is 4.98 Å². The van der Waals surface area contributed by atoms with Crippen LogP contribution in [0.4, 0.5) is 11.5 Å². The Morgan fingerprint density at radius 2 is 1.96 bits per heavy atom. The average Bonchev–Trinajstić information content (AvgIpc) is 3.01. The van der Waals surface area contributed by atoms with Crippen molar-refractivity contribution in [2.75, 3.05) is 17.4 Å². The number of benzene rings is 1. The molecule has 0 spiro atoms. The molecule has 0 saturated carbocycles. The van der Waals surface area contributed by atoms with Gasteiger partial charge in [-0.2, -0.15) is 0 Å². The summed E-state index contributed by atoms with van der Waals surface area (Å²) in [6.07, 6.45) is 1.70. The Labute approximate surface area is 141 Å². The van der Waals surface area contributed by atoms with Gasteiger partial charge in [-0.1, -0.05) is 26.8 Å². The molecule has 2 N–H and O–H groups in total. The smallest absolute Gasteiger partial charge is 0.231 e. The summed E-state index contributed by atoms with van der Waals surface area (Å²) in [5.41, 5.74) is 1.52. The number of hydrogen-bond acceptors (Lipinski definition) is 5. The van der Waals surface area contributed by atoms with Gasteiger partial charge in [0.25, 0.3) is 0 Å². The highest BCUT2D eigenvalue weighted by Gasteiger charge is 2.21. The molecule has 3 rings (SSSR count). The Balaban J connectivity index is 1.57. The molecule has 126 valence electrons. The lowest BCUT2D eigenvalue weighted by Crippen LogP contribution is -2.27. The summed E-state index contributed by atoms with van der Waals surface area (Å²) in [4.78, 5) is 16.2. The van der Waals surface area contributed by atoms with Crippen molar-refractivity contribution in [2.45, 2.75) is 27.3 Å². The first-order valence-corrected chi connectivity index (χ1v) is 7.82. The number of anilines is 2. The van der Waals surface area contributed by atoms with Crippen LogP contribution in [-0.4, -0.2) is 17.7 Å². The lowest BCUT2D eigenvalue weighted by Gasteiger charge is -2.17. The molecule has 1 amide bonds. The quantitative estimate of drug-likeness (QED) is 0.900. The molecule has 6 nitrogen and oxygen atoms in total. The first-order valence-electron chi connectivity index (χ1n) is 7.82. The van der Waals surface area contributed by atoms with Gasteiger partial charge in [0, 0.05) is 12.0 Å². The van der Waals surface area contributed by atoms with Crippen LogP contribution in [0.5, 0.6) is 11.5 Å². The summed E-state index contributed by atoms with van der Waals surface area (Å²) in [6, 6.07) is 9.53. The monoisotopic (exact) mass is 327 g/mol. The molecule has 1 aromatic heterocycles. The highest BCUT2D eigenvalue weighted by molar-refractivity contribution is 5.93. The van der Waals surface area contributed by atoms with Crippen LogP contribution in [0.15, 0.2) is 36.5 Å². The van der Waals surface area contributed by atoms with Gasteiger partial charge in [-0.15, -0.1) is 0 Å². The van der Waals surface area contributed by atoms with Crippen molar-refractivity contribution in [2.24, 2.45) is 5.41 Å². The van der Waals surface area contributed by atoms with Crippen LogP contribution in [0.2, 0.25) is 0 Å². The zero-order valence-electron chi connectivity index (χ0n) is 14.1. The molecule has 2 aromatic rings. The minimum atomic E-state index is -0.446. The Hall–Kier alpha value is -2.76. The molecule has 6 heteroatoms. The van der Waals surface area contributed by atoms with Crippen molar-refractivity contribution in [3.8, 4) is 11.5 Å². The van der Waals surface area contributed by atoms with E-state index in [1.54, 1.807) is 12.3 Å². The van der Waals surface area contributed by atoms with Crippen molar-refractivity contribution < 1.29 is 14.3 Å². The first-order chi connectivity index (χ1) is 11.4. The molecule has 1 aliphatic heterocycles. The summed E-state index contributed by atoms with van der Waals surface area (Å²) in [5.74, 6) is 2.03. The maximum absolute atomic E-state index is 11.9. The number of ether oxygens (including phenoxy) is 2. The van der Waals surface area contributed by atoms with E-state index in [1.807, 2.05) is 45.0 Å². The number of aromatic nitrogens is 1. The SMILES string of the molecule is CC(C)(C)C(=O)Nc1ccc(NCc2ccc3c(c2)OCO3)cn1.